The lowest BCUT2D eigenvalue weighted by Gasteiger charge is -2.13. The number of rotatable bonds is 5. The van der Waals surface area contributed by atoms with Crippen molar-refractivity contribution in [1.82, 2.24) is 10.6 Å². The van der Waals surface area contributed by atoms with E-state index in [1.807, 2.05) is 6.92 Å². The Morgan fingerprint density at radius 1 is 1.39 bits per heavy atom. The minimum absolute atomic E-state index is 0.0192. The molecule has 1 aromatic carbocycles. The molecule has 0 aliphatic rings. The Hall–Kier alpha value is -2.04. The molecule has 1 unspecified atom stereocenters. The van der Waals surface area contributed by atoms with Crippen LogP contribution >= 0.6 is 0 Å². The van der Waals surface area contributed by atoms with Crippen molar-refractivity contribution in [2.45, 2.75) is 26.3 Å². The van der Waals surface area contributed by atoms with E-state index in [1.165, 1.54) is 12.1 Å². The molecule has 18 heavy (non-hydrogen) atoms. The summed E-state index contributed by atoms with van der Waals surface area (Å²) in [5.74, 6) is -0.582. The molecule has 98 valence electrons. The lowest BCUT2D eigenvalue weighted by molar-refractivity contribution is -0.122. The number of phenols is 1. The summed E-state index contributed by atoms with van der Waals surface area (Å²) >= 11 is 0. The van der Waals surface area contributed by atoms with Gasteiger partial charge >= 0.3 is 0 Å². The van der Waals surface area contributed by atoms with Crippen molar-refractivity contribution in [3.05, 3.63) is 29.8 Å². The van der Waals surface area contributed by atoms with Gasteiger partial charge in [-0.15, -0.1) is 0 Å². The number of hydrogen-bond donors (Lipinski definition) is 3. The van der Waals surface area contributed by atoms with Crippen molar-refractivity contribution in [2.75, 3.05) is 6.54 Å². The first kappa shape index (κ1) is 14.0. The normalized spacial score (nSPS) is 11.7. The molecule has 0 spiro atoms. The van der Waals surface area contributed by atoms with E-state index in [-0.39, 0.29) is 17.6 Å². The van der Waals surface area contributed by atoms with Crippen LogP contribution in [0, 0.1) is 0 Å². The van der Waals surface area contributed by atoms with Crippen molar-refractivity contribution in [3.63, 3.8) is 0 Å². The standard InChI is InChI=1S/C13H18N2O3/c1-3-7-14-12(17)9(2)15-13(18)10-5-4-6-11(16)8-10/h4-6,8-9,16H,3,7H2,1-2H3,(H,14,17)(H,15,18). The number of carbonyl (C=O) groups is 2. The fourth-order valence-electron chi connectivity index (χ4n) is 1.39. The van der Waals surface area contributed by atoms with Gasteiger partial charge in [0.05, 0.1) is 0 Å². The summed E-state index contributed by atoms with van der Waals surface area (Å²) in [7, 11) is 0. The van der Waals surface area contributed by atoms with Crippen molar-refractivity contribution in [3.8, 4) is 5.75 Å². The fraction of sp³-hybridized carbons (Fsp3) is 0.385. The lowest BCUT2D eigenvalue weighted by Crippen LogP contribution is -2.44. The number of phenolic OH excluding ortho intramolecular Hbond substituents is 1. The van der Waals surface area contributed by atoms with E-state index in [9.17, 15) is 14.7 Å². The van der Waals surface area contributed by atoms with Crippen LogP contribution < -0.4 is 10.6 Å². The van der Waals surface area contributed by atoms with Crippen molar-refractivity contribution in [1.29, 1.82) is 0 Å². The van der Waals surface area contributed by atoms with Crippen LogP contribution in [0.15, 0.2) is 24.3 Å². The van der Waals surface area contributed by atoms with E-state index in [0.717, 1.165) is 6.42 Å². The van der Waals surface area contributed by atoms with Gasteiger partial charge in [-0.25, -0.2) is 0 Å². The van der Waals surface area contributed by atoms with Crippen LogP contribution in [0.5, 0.6) is 5.75 Å². The Morgan fingerprint density at radius 3 is 2.72 bits per heavy atom. The third kappa shape index (κ3) is 4.08. The summed E-state index contributed by atoms with van der Waals surface area (Å²) in [6.07, 6.45) is 0.846. The van der Waals surface area contributed by atoms with Crippen LogP contribution in [0.25, 0.3) is 0 Å². The SMILES string of the molecule is CCCNC(=O)C(C)NC(=O)c1cccc(O)c1. The predicted molar refractivity (Wildman–Crippen MR) is 68.3 cm³/mol. The largest absolute Gasteiger partial charge is 0.508 e. The number of amides is 2. The maximum atomic E-state index is 11.8. The van der Waals surface area contributed by atoms with E-state index in [4.69, 9.17) is 0 Å². The van der Waals surface area contributed by atoms with Crippen molar-refractivity contribution in [2.24, 2.45) is 0 Å². The zero-order valence-corrected chi connectivity index (χ0v) is 10.6. The van der Waals surface area contributed by atoms with E-state index in [1.54, 1.807) is 19.1 Å². The topological polar surface area (TPSA) is 78.4 Å². The van der Waals surface area contributed by atoms with Gasteiger partial charge in [-0.3, -0.25) is 9.59 Å². The molecule has 0 aromatic heterocycles. The molecule has 0 bridgehead atoms. The third-order valence-corrected chi connectivity index (χ3v) is 2.40. The monoisotopic (exact) mass is 250 g/mol. The third-order valence-electron chi connectivity index (χ3n) is 2.40. The highest BCUT2D eigenvalue weighted by Crippen LogP contribution is 2.10. The van der Waals surface area contributed by atoms with Gasteiger partial charge in [-0.05, 0) is 31.5 Å². The van der Waals surface area contributed by atoms with Crippen LogP contribution in [0.1, 0.15) is 30.6 Å². The van der Waals surface area contributed by atoms with Gasteiger partial charge in [-0.2, -0.15) is 0 Å². The van der Waals surface area contributed by atoms with Crippen molar-refractivity contribution < 1.29 is 14.7 Å². The Morgan fingerprint density at radius 2 is 2.11 bits per heavy atom. The van der Waals surface area contributed by atoms with Gasteiger partial charge in [0.1, 0.15) is 11.8 Å². The van der Waals surface area contributed by atoms with Crippen LogP contribution in [0.3, 0.4) is 0 Å². The number of nitrogens with one attached hydrogen (secondary N) is 2. The molecule has 1 aromatic rings. The number of hydrogen-bond acceptors (Lipinski definition) is 3. The Labute approximate surface area is 106 Å². The summed E-state index contributed by atoms with van der Waals surface area (Å²) < 4.78 is 0. The molecule has 0 aliphatic carbocycles. The van der Waals surface area contributed by atoms with Crippen LogP contribution in [0.4, 0.5) is 0 Å². The number of aromatic hydroxyl groups is 1. The zero-order chi connectivity index (χ0) is 13.5. The molecule has 0 radical (unpaired) electrons. The van der Waals surface area contributed by atoms with Crippen LogP contribution in [-0.4, -0.2) is 29.5 Å². The van der Waals surface area contributed by atoms with Gasteiger partial charge in [0.25, 0.3) is 5.91 Å². The minimum atomic E-state index is -0.605. The molecule has 0 heterocycles. The van der Waals surface area contributed by atoms with Gasteiger partial charge in [-0.1, -0.05) is 13.0 Å². The van der Waals surface area contributed by atoms with Gasteiger partial charge in [0.15, 0.2) is 0 Å². The first-order chi connectivity index (χ1) is 8.54. The smallest absolute Gasteiger partial charge is 0.252 e. The fourth-order valence-corrected chi connectivity index (χ4v) is 1.39. The predicted octanol–water partition coefficient (Wildman–Crippen LogP) is 1.04. The second-order valence-electron chi connectivity index (χ2n) is 4.04. The molecule has 1 rings (SSSR count). The average Bonchev–Trinajstić information content (AvgIpc) is 2.35. The molecule has 0 saturated heterocycles. The van der Waals surface area contributed by atoms with Crippen LogP contribution in [0.2, 0.25) is 0 Å². The maximum Gasteiger partial charge on any atom is 0.252 e. The number of benzene rings is 1. The van der Waals surface area contributed by atoms with E-state index >= 15 is 0 Å². The molecule has 5 nitrogen and oxygen atoms in total. The molecule has 0 fully saturated rings. The zero-order valence-electron chi connectivity index (χ0n) is 10.6. The maximum absolute atomic E-state index is 11.8. The van der Waals surface area contributed by atoms with Gasteiger partial charge in [0.2, 0.25) is 5.91 Å². The van der Waals surface area contributed by atoms with Gasteiger partial charge < -0.3 is 15.7 Å². The summed E-state index contributed by atoms with van der Waals surface area (Å²) in [5, 5.41) is 14.5. The first-order valence-electron chi connectivity index (χ1n) is 5.92. The molecule has 1 atom stereocenters. The summed E-state index contributed by atoms with van der Waals surface area (Å²) in [6.45, 7) is 4.16. The molecule has 3 N–H and O–H groups in total. The van der Waals surface area contributed by atoms with E-state index in [0.29, 0.717) is 12.1 Å². The average molecular weight is 250 g/mol. The molecule has 0 aliphatic heterocycles. The molecule has 0 saturated carbocycles. The highest BCUT2D eigenvalue weighted by atomic mass is 16.3. The lowest BCUT2D eigenvalue weighted by atomic mass is 10.2. The van der Waals surface area contributed by atoms with E-state index in [2.05, 4.69) is 10.6 Å². The summed E-state index contributed by atoms with van der Waals surface area (Å²) in [6, 6.07) is 5.38. The summed E-state index contributed by atoms with van der Waals surface area (Å²) in [4.78, 5) is 23.3. The quantitative estimate of drug-likeness (QED) is 0.730. The second-order valence-corrected chi connectivity index (χ2v) is 4.04. The number of carbonyl (C=O) groups excluding carboxylic acids is 2. The second kappa shape index (κ2) is 6.64. The minimum Gasteiger partial charge on any atom is -0.508 e. The molecular formula is C13H18N2O3. The van der Waals surface area contributed by atoms with Gasteiger partial charge in [0, 0.05) is 12.1 Å². The Bertz CT molecular complexity index is 432. The Kier molecular flexibility index (Phi) is 5.17. The first-order valence-corrected chi connectivity index (χ1v) is 5.92. The highest BCUT2D eigenvalue weighted by molar-refractivity contribution is 5.97. The molecular weight excluding hydrogens is 232 g/mol. The van der Waals surface area contributed by atoms with E-state index < -0.39 is 6.04 Å². The Balaban J connectivity index is 2.56. The van der Waals surface area contributed by atoms with Crippen LogP contribution in [-0.2, 0) is 4.79 Å². The van der Waals surface area contributed by atoms with Crippen molar-refractivity contribution >= 4 is 11.8 Å². The molecule has 2 amide bonds. The molecule has 5 heteroatoms. The summed E-state index contributed by atoms with van der Waals surface area (Å²) in [5.41, 5.74) is 0.324. The highest BCUT2D eigenvalue weighted by Gasteiger charge is 2.15.